The van der Waals surface area contributed by atoms with E-state index in [4.69, 9.17) is 10.3 Å². The van der Waals surface area contributed by atoms with Crippen molar-refractivity contribution >= 4 is 5.88 Å². The van der Waals surface area contributed by atoms with Crippen LogP contribution < -0.4 is 5.73 Å². The Morgan fingerprint density at radius 1 is 1.35 bits per heavy atom. The maximum atomic E-state index is 13.2. The summed E-state index contributed by atoms with van der Waals surface area (Å²) < 4.78 is 18.3. The molecule has 0 unspecified atom stereocenters. The van der Waals surface area contributed by atoms with Crippen molar-refractivity contribution in [3.05, 3.63) is 35.8 Å². The number of rotatable bonds is 2. The molecule has 0 radical (unpaired) electrons. The van der Waals surface area contributed by atoms with Gasteiger partial charge in [-0.3, -0.25) is 0 Å². The number of nitrogen functional groups attached to an aromatic ring is 1. The SMILES string of the molecule is Nc1onc(C2CCC2)c1-c1cccc(F)c1. The highest BCUT2D eigenvalue weighted by Crippen LogP contribution is 2.42. The van der Waals surface area contributed by atoms with Gasteiger partial charge in [-0.2, -0.15) is 0 Å². The van der Waals surface area contributed by atoms with Gasteiger partial charge in [0.2, 0.25) is 5.88 Å². The lowest BCUT2D eigenvalue weighted by atomic mass is 9.80. The molecule has 1 saturated carbocycles. The van der Waals surface area contributed by atoms with Crippen molar-refractivity contribution in [3.63, 3.8) is 0 Å². The van der Waals surface area contributed by atoms with Gasteiger partial charge in [0.05, 0.1) is 11.3 Å². The molecule has 0 bridgehead atoms. The smallest absolute Gasteiger partial charge is 0.230 e. The molecule has 0 amide bonds. The number of halogens is 1. The molecule has 17 heavy (non-hydrogen) atoms. The molecule has 1 fully saturated rings. The van der Waals surface area contributed by atoms with Gasteiger partial charge in [-0.1, -0.05) is 23.7 Å². The molecule has 3 nitrogen and oxygen atoms in total. The summed E-state index contributed by atoms with van der Waals surface area (Å²) in [7, 11) is 0. The van der Waals surface area contributed by atoms with E-state index in [1.54, 1.807) is 6.07 Å². The van der Waals surface area contributed by atoms with E-state index in [9.17, 15) is 4.39 Å². The van der Waals surface area contributed by atoms with Gasteiger partial charge >= 0.3 is 0 Å². The van der Waals surface area contributed by atoms with Gasteiger partial charge in [-0.25, -0.2) is 4.39 Å². The van der Waals surface area contributed by atoms with Gasteiger partial charge < -0.3 is 10.3 Å². The van der Waals surface area contributed by atoms with E-state index < -0.39 is 0 Å². The van der Waals surface area contributed by atoms with E-state index in [0.717, 1.165) is 29.7 Å². The standard InChI is InChI=1S/C13H13FN2O/c14-10-6-2-5-9(7-10)11-12(8-3-1-4-8)16-17-13(11)15/h2,5-8H,1,3-4,15H2. The summed E-state index contributed by atoms with van der Waals surface area (Å²) in [5.41, 5.74) is 8.16. The molecular weight excluding hydrogens is 219 g/mol. The van der Waals surface area contributed by atoms with Crippen LogP contribution in [0.4, 0.5) is 10.3 Å². The largest absolute Gasteiger partial charge is 0.367 e. The fourth-order valence-corrected chi connectivity index (χ4v) is 2.21. The Balaban J connectivity index is 2.09. The van der Waals surface area contributed by atoms with Crippen LogP contribution in [-0.4, -0.2) is 5.16 Å². The van der Waals surface area contributed by atoms with Crippen molar-refractivity contribution in [2.24, 2.45) is 0 Å². The third-order valence-corrected chi connectivity index (χ3v) is 3.35. The molecule has 3 rings (SSSR count). The van der Waals surface area contributed by atoms with Crippen molar-refractivity contribution in [3.8, 4) is 11.1 Å². The van der Waals surface area contributed by atoms with Crippen LogP contribution in [0, 0.1) is 5.82 Å². The molecule has 0 aliphatic heterocycles. The monoisotopic (exact) mass is 232 g/mol. The number of hydrogen-bond donors (Lipinski definition) is 1. The normalized spacial score (nSPS) is 15.8. The Hall–Kier alpha value is -1.84. The molecule has 0 atom stereocenters. The Bertz CT molecular complexity index is 546. The number of hydrogen-bond acceptors (Lipinski definition) is 3. The maximum absolute atomic E-state index is 13.2. The third kappa shape index (κ3) is 1.69. The first-order chi connectivity index (χ1) is 8.25. The van der Waals surface area contributed by atoms with E-state index in [-0.39, 0.29) is 11.7 Å². The Morgan fingerprint density at radius 2 is 2.18 bits per heavy atom. The Labute approximate surface area is 98.4 Å². The first-order valence-corrected chi connectivity index (χ1v) is 5.76. The second-order valence-electron chi connectivity index (χ2n) is 4.45. The molecule has 1 aliphatic carbocycles. The molecular formula is C13H13FN2O. The highest BCUT2D eigenvalue weighted by atomic mass is 19.1. The molecule has 1 heterocycles. The summed E-state index contributed by atoms with van der Waals surface area (Å²) in [6.45, 7) is 0. The number of benzene rings is 1. The van der Waals surface area contributed by atoms with Crippen LogP contribution in [0.3, 0.4) is 0 Å². The summed E-state index contributed by atoms with van der Waals surface area (Å²) in [4.78, 5) is 0. The van der Waals surface area contributed by atoms with Crippen LogP contribution in [0.5, 0.6) is 0 Å². The minimum atomic E-state index is -0.275. The Morgan fingerprint density at radius 3 is 2.82 bits per heavy atom. The van der Waals surface area contributed by atoms with Crippen LogP contribution in [0.25, 0.3) is 11.1 Å². The predicted octanol–water partition coefficient (Wildman–Crippen LogP) is 3.33. The van der Waals surface area contributed by atoms with Gasteiger partial charge in [0.25, 0.3) is 0 Å². The molecule has 1 aromatic carbocycles. The van der Waals surface area contributed by atoms with E-state index >= 15 is 0 Å². The molecule has 88 valence electrons. The summed E-state index contributed by atoms with van der Waals surface area (Å²) in [6.07, 6.45) is 3.42. The average molecular weight is 232 g/mol. The lowest BCUT2D eigenvalue weighted by Gasteiger charge is -2.23. The highest BCUT2D eigenvalue weighted by Gasteiger charge is 2.28. The minimum absolute atomic E-state index is 0.275. The zero-order chi connectivity index (χ0) is 11.8. The molecule has 0 saturated heterocycles. The lowest BCUT2D eigenvalue weighted by Crippen LogP contribution is -2.10. The second-order valence-corrected chi connectivity index (χ2v) is 4.45. The first-order valence-electron chi connectivity index (χ1n) is 5.76. The van der Waals surface area contributed by atoms with Gasteiger partial charge in [0.15, 0.2) is 0 Å². The third-order valence-electron chi connectivity index (χ3n) is 3.35. The molecule has 1 aliphatic rings. The summed E-state index contributed by atoms with van der Waals surface area (Å²) in [5.74, 6) is 0.412. The molecule has 2 N–H and O–H groups in total. The summed E-state index contributed by atoms with van der Waals surface area (Å²) in [5, 5.41) is 4.02. The number of anilines is 1. The Kier molecular flexibility index (Phi) is 2.35. The van der Waals surface area contributed by atoms with Gasteiger partial charge in [-0.05, 0) is 30.5 Å². The number of nitrogens with two attached hydrogens (primary N) is 1. The van der Waals surface area contributed by atoms with Gasteiger partial charge in [0, 0.05) is 5.92 Å². The predicted molar refractivity (Wildman–Crippen MR) is 62.9 cm³/mol. The van der Waals surface area contributed by atoms with Crippen LogP contribution in [0.15, 0.2) is 28.8 Å². The van der Waals surface area contributed by atoms with Crippen molar-refractivity contribution in [2.75, 3.05) is 5.73 Å². The molecule has 0 spiro atoms. The topological polar surface area (TPSA) is 52.0 Å². The zero-order valence-electron chi connectivity index (χ0n) is 9.32. The summed E-state index contributed by atoms with van der Waals surface area (Å²) >= 11 is 0. The van der Waals surface area contributed by atoms with Crippen LogP contribution >= 0.6 is 0 Å². The van der Waals surface area contributed by atoms with Crippen LogP contribution in [0.1, 0.15) is 30.9 Å². The molecule has 2 aromatic rings. The van der Waals surface area contributed by atoms with Crippen LogP contribution in [0.2, 0.25) is 0 Å². The van der Waals surface area contributed by atoms with Crippen molar-refractivity contribution in [1.82, 2.24) is 5.16 Å². The number of aromatic nitrogens is 1. The van der Waals surface area contributed by atoms with E-state index in [2.05, 4.69) is 5.16 Å². The maximum Gasteiger partial charge on any atom is 0.230 e. The lowest BCUT2D eigenvalue weighted by molar-refractivity contribution is 0.369. The quantitative estimate of drug-likeness (QED) is 0.864. The van der Waals surface area contributed by atoms with Crippen molar-refractivity contribution < 1.29 is 8.91 Å². The second kappa shape index (κ2) is 3.87. The highest BCUT2D eigenvalue weighted by molar-refractivity contribution is 5.75. The van der Waals surface area contributed by atoms with E-state index in [1.807, 2.05) is 6.07 Å². The minimum Gasteiger partial charge on any atom is -0.367 e. The van der Waals surface area contributed by atoms with Gasteiger partial charge in [-0.15, -0.1) is 0 Å². The van der Waals surface area contributed by atoms with Crippen molar-refractivity contribution in [2.45, 2.75) is 25.2 Å². The summed E-state index contributed by atoms with van der Waals surface area (Å²) in [6, 6.07) is 6.37. The number of nitrogens with zero attached hydrogens (tertiary/aromatic N) is 1. The first kappa shape index (κ1) is 10.3. The molecule has 1 aromatic heterocycles. The zero-order valence-corrected chi connectivity index (χ0v) is 9.32. The van der Waals surface area contributed by atoms with Crippen molar-refractivity contribution in [1.29, 1.82) is 0 Å². The fraction of sp³-hybridized carbons (Fsp3) is 0.308. The average Bonchev–Trinajstić information content (AvgIpc) is 2.58. The van der Waals surface area contributed by atoms with E-state index in [1.165, 1.54) is 18.6 Å². The van der Waals surface area contributed by atoms with E-state index in [0.29, 0.717) is 5.92 Å². The van der Waals surface area contributed by atoms with Gasteiger partial charge in [0.1, 0.15) is 5.82 Å². The fourth-order valence-electron chi connectivity index (χ4n) is 2.21. The van der Waals surface area contributed by atoms with Crippen LogP contribution in [-0.2, 0) is 0 Å². The molecule has 4 heteroatoms.